The highest BCUT2D eigenvalue weighted by atomic mass is 16.2. The van der Waals surface area contributed by atoms with Crippen LogP contribution < -0.4 is 0 Å². The number of hydrogen-bond acceptors (Lipinski definition) is 3. The van der Waals surface area contributed by atoms with Gasteiger partial charge in [-0.3, -0.25) is 9.59 Å². The number of ketones is 2. The molecule has 0 aromatic heterocycles. The molecule has 4 aliphatic carbocycles. The molecule has 4 rings (SSSR count). The van der Waals surface area contributed by atoms with Crippen molar-refractivity contribution in [2.24, 2.45) is 34.5 Å². The Hall–Kier alpha value is -1.64. The highest BCUT2D eigenvalue weighted by Gasteiger charge is 2.59. The molecule has 3 fully saturated rings. The molecule has 0 amide bonds. The van der Waals surface area contributed by atoms with E-state index < -0.39 is 0 Å². The molecule has 0 spiro atoms. The van der Waals surface area contributed by atoms with Crippen LogP contribution in [0.1, 0.15) is 52.4 Å². The minimum absolute atomic E-state index is 0.0191. The van der Waals surface area contributed by atoms with E-state index in [0.29, 0.717) is 17.8 Å². The van der Waals surface area contributed by atoms with E-state index >= 15 is 0 Å². The van der Waals surface area contributed by atoms with Crippen LogP contribution in [0, 0.1) is 34.5 Å². The molecule has 3 nitrogen and oxygen atoms in total. The molecule has 0 radical (unpaired) electrons. The SMILES string of the molecule is C[C@]12CC[C@H]3[C@@H](CCC4=CC(=O)C=C[C@@]43C)[C@@H]1CC[C@@H]2C(=O)/C=C\O. The van der Waals surface area contributed by atoms with Crippen LogP contribution >= 0.6 is 0 Å². The first-order chi connectivity index (χ1) is 11.9. The first-order valence-electron chi connectivity index (χ1n) is 9.69. The van der Waals surface area contributed by atoms with Gasteiger partial charge in [0.1, 0.15) is 0 Å². The molecule has 0 bridgehead atoms. The molecule has 0 heterocycles. The maximum atomic E-state index is 12.5. The predicted octanol–water partition coefficient (Wildman–Crippen LogP) is 4.55. The van der Waals surface area contributed by atoms with Crippen LogP contribution in [-0.2, 0) is 9.59 Å². The average molecular weight is 340 g/mol. The van der Waals surface area contributed by atoms with Crippen LogP contribution in [0.5, 0.6) is 0 Å². The van der Waals surface area contributed by atoms with Crippen molar-refractivity contribution >= 4 is 11.6 Å². The van der Waals surface area contributed by atoms with Crippen molar-refractivity contribution in [3.8, 4) is 0 Å². The highest BCUT2D eigenvalue weighted by Crippen LogP contribution is 2.66. The summed E-state index contributed by atoms with van der Waals surface area (Å²) >= 11 is 0. The number of allylic oxidation sites excluding steroid dienone is 5. The molecule has 6 atom stereocenters. The summed E-state index contributed by atoms with van der Waals surface area (Å²) in [6, 6.07) is 0. The lowest BCUT2D eigenvalue weighted by atomic mass is 9.47. The summed E-state index contributed by atoms with van der Waals surface area (Å²) in [4.78, 5) is 24.3. The zero-order valence-electron chi connectivity index (χ0n) is 15.2. The lowest BCUT2D eigenvalue weighted by Crippen LogP contribution is -2.50. The highest BCUT2D eigenvalue weighted by molar-refractivity contribution is 6.01. The molecule has 0 aromatic rings. The number of aliphatic hydroxyl groups is 1. The topological polar surface area (TPSA) is 54.4 Å². The Morgan fingerprint density at radius 1 is 1.20 bits per heavy atom. The second kappa shape index (κ2) is 5.69. The van der Waals surface area contributed by atoms with Gasteiger partial charge in [-0.05, 0) is 73.8 Å². The number of fused-ring (bicyclic) bond motifs is 5. The van der Waals surface area contributed by atoms with E-state index in [-0.39, 0.29) is 28.3 Å². The van der Waals surface area contributed by atoms with E-state index in [1.807, 2.05) is 6.08 Å². The molecule has 25 heavy (non-hydrogen) atoms. The van der Waals surface area contributed by atoms with Gasteiger partial charge in [0.15, 0.2) is 11.6 Å². The Labute approximate surface area is 149 Å². The Morgan fingerprint density at radius 3 is 2.76 bits per heavy atom. The summed E-state index contributed by atoms with van der Waals surface area (Å²) in [7, 11) is 0. The lowest BCUT2D eigenvalue weighted by molar-refractivity contribution is -0.124. The van der Waals surface area contributed by atoms with E-state index in [9.17, 15) is 9.59 Å². The summed E-state index contributed by atoms with van der Waals surface area (Å²) in [5, 5.41) is 9.01. The molecule has 1 N–H and O–H groups in total. The Balaban J connectivity index is 1.65. The predicted molar refractivity (Wildman–Crippen MR) is 96.9 cm³/mol. The van der Waals surface area contributed by atoms with Crippen molar-refractivity contribution in [2.75, 3.05) is 0 Å². The summed E-state index contributed by atoms with van der Waals surface area (Å²) in [5.41, 5.74) is 1.40. The minimum Gasteiger partial charge on any atom is -0.515 e. The van der Waals surface area contributed by atoms with Crippen LogP contribution in [0.2, 0.25) is 0 Å². The van der Waals surface area contributed by atoms with Gasteiger partial charge in [0.05, 0.1) is 6.26 Å². The number of hydrogen-bond donors (Lipinski definition) is 1. The molecule has 3 saturated carbocycles. The largest absolute Gasteiger partial charge is 0.515 e. The third-order valence-corrected chi connectivity index (χ3v) is 8.14. The summed E-state index contributed by atoms with van der Waals surface area (Å²) in [6.45, 7) is 4.62. The van der Waals surface area contributed by atoms with Crippen LogP contribution in [-0.4, -0.2) is 16.7 Å². The summed E-state index contributed by atoms with van der Waals surface area (Å²) in [6.07, 6.45) is 14.4. The van der Waals surface area contributed by atoms with Gasteiger partial charge in [-0.15, -0.1) is 0 Å². The quantitative estimate of drug-likeness (QED) is 0.592. The molecule has 3 heteroatoms. The van der Waals surface area contributed by atoms with Crippen molar-refractivity contribution in [3.05, 3.63) is 36.1 Å². The van der Waals surface area contributed by atoms with Crippen LogP contribution in [0.25, 0.3) is 0 Å². The van der Waals surface area contributed by atoms with Gasteiger partial charge in [-0.2, -0.15) is 0 Å². The average Bonchev–Trinajstić information content (AvgIpc) is 2.93. The fraction of sp³-hybridized carbons (Fsp3) is 0.636. The smallest absolute Gasteiger partial charge is 0.178 e. The zero-order valence-corrected chi connectivity index (χ0v) is 15.2. The van der Waals surface area contributed by atoms with Crippen LogP contribution in [0.4, 0.5) is 0 Å². The molecule has 0 unspecified atom stereocenters. The van der Waals surface area contributed by atoms with Gasteiger partial charge in [-0.1, -0.05) is 25.5 Å². The van der Waals surface area contributed by atoms with Gasteiger partial charge in [0.2, 0.25) is 0 Å². The maximum Gasteiger partial charge on any atom is 0.178 e. The van der Waals surface area contributed by atoms with Gasteiger partial charge >= 0.3 is 0 Å². The molecular weight excluding hydrogens is 312 g/mol. The van der Waals surface area contributed by atoms with E-state index in [0.717, 1.165) is 44.8 Å². The third-order valence-electron chi connectivity index (χ3n) is 8.14. The third kappa shape index (κ3) is 2.31. The minimum atomic E-state index is 0.0191. The van der Waals surface area contributed by atoms with Crippen molar-refractivity contribution in [1.29, 1.82) is 0 Å². The molecule has 0 saturated heterocycles. The summed E-state index contributed by atoms with van der Waals surface area (Å²) in [5.74, 6) is 2.07. The molecule has 4 aliphatic rings. The molecule has 0 aliphatic heterocycles. The Bertz CT molecular complexity index is 700. The Morgan fingerprint density at radius 2 is 2.00 bits per heavy atom. The molecule has 134 valence electrons. The van der Waals surface area contributed by atoms with Crippen molar-refractivity contribution in [1.82, 2.24) is 0 Å². The second-order valence-corrected chi connectivity index (χ2v) is 9.00. The number of rotatable bonds is 2. The van der Waals surface area contributed by atoms with Gasteiger partial charge in [0.25, 0.3) is 0 Å². The fourth-order valence-electron chi connectivity index (χ4n) is 6.85. The van der Waals surface area contributed by atoms with E-state index in [1.54, 1.807) is 6.08 Å². The normalized spacial score (nSPS) is 45.7. The second-order valence-electron chi connectivity index (χ2n) is 9.00. The first-order valence-corrected chi connectivity index (χ1v) is 9.69. The van der Waals surface area contributed by atoms with Crippen LogP contribution in [0.3, 0.4) is 0 Å². The van der Waals surface area contributed by atoms with Gasteiger partial charge < -0.3 is 5.11 Å². The lowest BCUT2D eigenvalue weighted by Gasteiger charge is -2.56. The fourth-order valence-corrected chi connectivity index (χ4v) is 6.85. The number of carbonyl (C=O) groups is 2. The standard InChI is InChI=1S/C22H28O3/c1-21-10-7-15(24)13-14(21)3-4-16-17-5-6-19(20(25)9-12-23)22(17,2)11-8-18(16)21/h7,9-10,12-13,16-19,23H,3-6,8,11H2,1-2H3/b12-9-/t16-,17-,18-,19+,21-,22-/m0/s1. The van der Waals surface area contributed by atoms with Gasteiger partial charge in [0, 0.05) is 17.4 Å². The maximum absolute atomic E-state index is 12.5. The van der Waals surface area contributed by atoms with Crippen molar-refractivity contribution in [3.63, 3.8) is 0 Å². The summed E-state index contributed by atoms with van der Waals surface area (Å²) < 4.78 is 0. The zero-order chi connectivity index (χ0) is 17.8. The first kappa shape index (κ1) is 16.8. The number of aliphatic hydroxyl groups excluding tert-OH is 1. The monoisotopic (exact) mass is 340 g/mol. The van der Waals surface area contributed by atoms with Crippen molar-refractivity contribution < 1.29 is 14.7 Å². The number of carbonyl (C=O) groups excluding carboxylic acids is 2. The van der Waals surface area contributed by atoms with E-state index in [2.05, 4.69) is 19.9 Å². The van der Waals surface area contributed by atoms with E-state index in [1.165, 1.54) is 11.6 Å². The molecule has 0 aromatic carbocycles. The molecular formula is C22H28O3. The van der Waals surface area contributed by atoms with Gasteiger partial charge in [-0.25, -0.2) is 0 Å². The van der Waals surface area contributed by atoms with E-state index in [4.69, 9.17) is 5.11 Å². The van der Waals surface area contributed by atoms with Crippen molar-refractivity contribution in [2.45, 2.75) is 52.4 Å². The Kier molecular flexibility index (Phi) is 3.82. The van der Waals surface area contributed by atoms with Crippen LogP contribution in [0.15, 0.2) is 36.1 Å².